The third kappa shape index (κ3) is 3.83. The maximum absolute atomic E-state index is 3.47. The molecule has 0 heterocycles. The van der Waals surface area contributed by atoms with Crippen molar-refractivity contribution >= 4 is 19.6 Å². The van der Waals surface area contributed by atoms with Gasteiger partial charge < -0.3 is 0 Å². The van der Waals surface area contributed by atoms with Gasteiger partial charge in [0.2, 0.25) is 0 Å². The summed E-state index contributed by atoms with van der Waals surface area (Å²) in [6, 6.07) is 21.0. The fraction of sp³-hybridized carbons (Fsp3) is 0.0476. The molecule has 0 aliphatic heterocycles. The Morgan fingerprint density at radius 3 is 2.14 bits per heavy atom. The largest absolute Gasteiger partial charge is 0.183 e. The molecule has 0 nitrogen and oxygen atoms in total. The molecule has 1 heteroatoms. The van der Waals surface area contributed by atoms with Crippen LogP contribution in [0.3, 0.4) is 0 Å². The van der Waals surface area contributed by atoms with Gasteiger partial charge in [0.05, 0.1) is 0 Å². The van der Waals surface area contributed by atoms with E-state index in [0.29, 0.717) is 8.20 Å². The molecule has 0 amide bonds. The van der Waals surface area contributed by atoms with Crippen LogP contribution >= 0.6 is 8.20 Å². The molecule has 1 unspecified atom stereocenters. The monoisotopic (exact) mass is 300 g/mol. The van der Waals surface area contributed by atoms with Gasteiger partial charge >= 0.3 is 0 Å². The van der Waals surface area contributed by atoms with Crippen molar-refractivity contribution in [2.24, 2.45) is 0 Å². The first-order valence-corrected chi connectivity index (χ1v) is 8.56. The second-order valence-corrected chi connectivity index (χ2v) is 5.98. The Morgan fingerprint density at radius 1 is 0.955 bits per heavy atom. The maximum Gasteiger partial charge on any atom is 0.119 e. The van der Waals surface area contributed by atoms with E-state index < -0.39 is 0 Å². The summed E-state index contributed by atoms with van der Waals surface area (Å²) in [5.74, 6) is 3.47. The van der Waals surface area contributed by atoms with Crippen LogP contribution in [-0.4, -0.2) is 12.0 Å². The van der Waals surface area contributed by atoms with Crippen molar-refractivity contribution in [1.82, 2.24) is 0 Å². The molecule has 0 N–H and O–H groups in total. The summed E-state index contributed by atoms with van der Waals surface area (Å²) in [5, 5.41) is 0. The minimum atomic E-state index is 0.652. The summed E-state index contributed by atoms with van der Waals surface area (Å²) in [7, 11) is 0.652. The molecule has 0 saturated heterocycles. The van der Waals surface area contributed by atoms with Crippen LogP contribution in [0.5, 0.6) is 0 Å². The predicted molar refractivity (Wildman–Crippen MR) is 98.9 cm³/mol. The first-order chi connectivity index (χ1) is 10.9. The van der Waals surface area contributed by atoms with E-state index in [1.54, 1.807) is 0 Å². The van der Waals surface area contributed by atoms with E-state index >= 15 is 0 Å². The van der Waals surface area contributed by atoms with Crippen LogP contribution in [0.1, 0.15) is 11.1 Å². The zero-order chi connectivity index (χ0) is 15.0. The topological polar surface area (TPSA) is 0 Å². The molecular formula is C21H17P. The zero-order valence-electron chi connectivity index (χ0n) is 12.3. The van der Waals surface area contributed by atoms with Crippen molar-refractivity contribution in [2.75, 3.05) is 6.16 Å². The van der Waals surface area contributed by atoms with Gasteiger partial charge in [-0.15, -0.1) is 5.73 Å². The Kier molecular flexibility index (Phi) is 5.00. The molecule has 0 radical (unpaired) electrons. The lowest BCUT2D eigenvalue weighted by Gasteiger charge is -2.15. The van der Waals surface area contributed by atoms with Gasteiger partial charge in [-0.3, -0.25) is 0 Å². The SMILES string of the molecule is C1=CC=CC=1C[PH+]=[C-]C=C(c1ccccc1)c1ccccc1. The van der Waals surface area contributed by atoms with E-state index in [1.807, 2.05) is 24.3 Å². The number of benzene rings is 2. The molecule has 106 valence electrons. The molecule has 0 aromatic heterocycles. The lowest BCUT2D eigenvalue weighted by molar-refractivity contribution is 1.55. The minimum Gasteiger partial charge on any atom is -0.183 e. The van der Waals surface area contributed by atoms with Crippen LogP contribution in [0.2, 0.25) is 0 Å². The van der Waals surface area contributed by atoms with Gasteiger partial charge in [0.15, 0.2) is 0 Å². The highest BCUT2D eigenvalue weighted by atomic mass is 31.1. The third-order valence-corrected chi connectivity index (χ3v) is 4.34. The first kappa shape index (κ1) is 14.5. The van der Waals surface area contributed by atoms with Crippen LogP contribution in [0, 0.1) is 0 Å². The van der Waals surface area contributed by atoms with Gasteiger partial charge in [-0.1, -0.05) is 77.9 Å². The van der Waals surface area contributed by atoms with E-state index in [1.165, 1.54) is 22.3 Å². The van der Waals surface area contributed by atoms with E-state index in [9.17, 15) is 0 Å². The highest BCUT2D eigenvalue weighted by Gasteiger charge is 1.96. The van der Waals surface area contributed by atoms with E-state index in [2.05, 4.69) is 72.2 Å². The van der Waals surface area contributed by atoms with Crippen molar-refractivity contribution in [2.45, 2.75) is 0 Å². The van der Waals surface area contributed by atoms with Gasteiger partial charge in [-0.25, -0.2) is 0 Å². The highest BCUT2D eigenvalue weighted by molar-refractivity contribution is 7.39. The lowest BCUT2D eigenvalue weighted by Crippen LogP contribution is -1.87. The maximum atomic E-state index is 3.47. The Hall–Kier alpha value is -2.39. The molecule has 2 aromatic rings. The van der Waals surface area contributed by atoms with Crippen molar-refractivity contribution in [1.29, 1.82) is 0 Å². The highest BCUT2D eigenvalue weighted by Crippen LogP contribution is 2.23. The smallest absolute Gasteiger partial charge is 0.119 e. The molecule has 22 heavy (non-hydrogen) atoms. The number of hydrogen-bond donors (Lipinski definition) is 0. The number of hydrogen-bond acceptors (Lipinski definition) is 0. The van der Waals surface area contributed by atoms with Gasteiger partial charge in [-0.05, 0) is 26.2 Å². The molecule has 1 atom stereocenters. The van der Waals surface area contributed by atoms with Gasteiger partial charge in [0, 0.05) is 5.57 Å². The molecule has 0 saturated carbocycles. The minimum absolute atomic E-state index is 0.652. The van der Waals surface area contributed by atoms with Gasteiger partial charge in [0.25, 0.3) is 0 Å². The van der Waals surface area contributed by atoms with Crippen LogP contribution in [0.15, 0.2) is 96.3 Å². The van der Waals surface area contributed by atoms with Gasteiger partial charge in [-0.2, -0.15) is 11.6 Å². The fourth-order valence-corrected chi connectivity index (χ4v) is 3.07. The normalized spacial score (nSPS) is 12.6. The Balaban J connectivity index is 1.85. The van der Waals surface area contributed by atoms with Crippen molar-refractivity contribution in [3.63, 3.8) is 0 Å². The number of allylic oxidation sites excluding steroid dienone is 4. The number of rotatable bonds is 5. The van der Waals surface area contributed by atoms with E-state index in [0.717, 1.165) is 6.16 Å². The Bertz CT molecular complexity index is 730. The van der Waals surface area contributed by atoms with Crippen molar-refractivity contribution in [3.05, 3.63) is 107 Å². The summed E-state index contributed by atoms with van der Waals surface area (Å²) in [6.45, 7) is 0. The molecule has 3 rings (SSSR count). The molecular weight excluding hydrogens is 283 g/mol. The van der Waals surface area contributed by atoms with E-state index in [-0.39, 0.29) is 0 Å². The van der Waals surface area contributed by atoms with Crippen LogP contribution in [0.4, 0.5) is 0 Å². The summed E-state index contributed by atoms with van der Waals surface area (Å²) < 4.78 is 0. The summed E-state index contributed by atoms with van der Waals surface area (Å²) in [6.07, 6.45) is 9.27. The first-order valence-electron chi connectivity index (χ1n) is 7.35. The third-order valence-electron chi connectivity index (χ3n) is 3.43. The van der Waals surface area contributed by atoms with Crippen LogP contribution in [0.25, 0.3) is 5.57 Å². The summed E-state index contributed by atoms with van der Waals surface area (Å²) in [4.78, 5) is 0. The average molecular weight is 300 g/mol. The summed E-state index contributed by atoms with van der Waals surface area (Å²) in [5.41, 5.74) is 8.18. The second kappa shape index (κ2) is 7.57. The van der Waals surface area contributed by atoms with Crippen LogP contribution in [-0.2, 0) is 0 Å². The van der Waals surface area contributed by atoms with Crippen molar-refractivity contribution < 1.29 is 0 Å². The Morgan fingerprint density at radius 2 is 1.59 bits per heavy atom. The standard InChI is InChI=1S/C21H17P/c1-3-11-19(12-4-1)21(20-13-5-2-6-14-20)15-16-22-17-18-9-7-8-10-18/h1-9,11-15,22H,17H2. The molecule has 1 aliphatic carbocycles. The van der Waals surface area contributed by atoms with Crippen molar-refractivity contribution in [3.8, 4) is 0 Å². The Labute approximate surface area is 133 Å². The molecule has 0 spiro atoms. The lowest BCUT2D eigenvalue weighted by atomic mass is 9.98. The fourth-order valence-electron chi connectivity index (χ4n) is 2.32. The average Bonchev–Trinajstić information content (AvgIpc) is 3.10. The molecule has 0 bridgehead atoms. The zero-order valence-corrected chi connectivity index (χ0v) is 13.3. The second-order valence-electron chi connectivity index (χ2n) is 4.98. The molecule has 0 fully saturated rings. The van der Waals surface area contributed by atoms with E-state index in [4.69, 9.17) is 0 Å². The summed E-state index contributed by atoms with van der Waals surface area (Å²) >= 11 is 0. The quantitative estimate of drug-likeness (QED) is 0.408. The van der Waals surface area contributed by atoms with Gasteiger partial charge in [0.1, 0.15) is 6.16 Å². The van der Waals surface area contributed by atoms with Crippen LogP contribution < -0.4 is 0 Å². The molecule has 2 aromatic carbocycles. The predicted octanol–water partition coefficient (Wildman–Crippen LogP) is 5.13. The molecule has 1 aliphatic rings.